The van der Waals surface area contributed by atoms with Crippen molar-refractivity contribution in [2.24, 2.45) is 0 Å². The quantitative estimate of drug-likeness (QED) is 0.698. The molecule has 0 radical (unpaired) electrons. The Balaban J connectivity index is 1.98. The summed E-state index contributed by atoms with van der Waals surface area (Å²) in [6.07, 6.45) is 1.59. The minimum absolute atomic E-state index is 0.337. The van der Waals surface area contributed by atoms with Gasteiger partial charge in [-0.1, -0.05) is 22.9 Å². The maximum atomic E-state index is 14.0. The Labute approximate surface area is 125 Å². The lowest BCUT2D eigenvalue weighted by molar-refractivity contribution is 0.411. The maximum Gasteiger partial charge on any atom is 0.156 e. The van der Waals surface area contributed by atoms with Gasteiger partial charge in [-0.3, -0.25) is 0 Å². The maximum absolute atomic E-state index is 14.0. The van der Waals surface area contributed by atoms with Gasteiger partial charge < -0.3 is 4.74 Å². The van der Waals surface area contributed by atoms with Gasteiger partial charge >= 0.3 is 0 Å². The first-order chi connectivity index (χ1) is 10.2. The van der Waals surface area contributed by atoms with E-state index in [1.54, 1.807) is 36.5 Å². The zero-order chi connectivity index (χ0) is 14.8. The van der Waals surface area contributed by atoms with Crippen molar-refractivity contribution in [1.82, 2.24) is 20.0 Å². The summed E-state index contributed by atoms with van der Waals surface area (Å²) in [5.74, 6) is 0.524. The van der Waals surface area contributed by atoms with Crippen molar-refractivity contribution < 1.29 is 9.13 Å². The summed E-state index contributed by atoms with van der Waals surface area (Å²) in [6, 6.07) is 9.69. The van der Waals surface area contributed by atoms with Crippen molar-refractivity contribution in [3.05, 3.63) is 53.6 Å². The van der Waals surface area contributed by atoms with E-state index in [-0.39, 0.29) is 0 Å². The standard InChI is InChI=1S/C14H10ClFN4O/c1-21-9-5-6-10(11(16)7-9)12-8-20(19-18-12)14-4-2-3-13(15)17-14/h2-8H,1H3. The molecule has 106 valence electrons. The normalized spacial score (nSPS) is 10.6. The molecule has 2 heterocycles. The van der Waals surface area contributed by atoms with Crippen LogP contribution in [0.2, 0.25) is 5.15 Å². The van der Waals surface area contributed by atoms with E-state index in [4.69, 9.17) is 16.3 Å². The fourth-order valence-electron chi connectivity index (χ4n) is 1.85. The summed E-state index contributed by atoms with van der Waals surface area (Å²) in [5.41, 5.74) is 0.737. The highest BCUT2D eigenvalue weighted by atomic mass is 35.5. The van der Waals surface area contributed by atoms with E-state index in [0.717, 1.165) is 0 Å². The number of halogens is 2. The highest BCUT2D eigenvalue weighted by Crippen LogP contribution is 2.24. The fraction of sp³-hybridized carbons (Fsp3) is 0.0714. The number of rotatable bonds is 3. The lowest BCUT2D eigenvalue weighted by atomic mass is 10.1. The first kappa shape index (κ1) is 13.5. The molecule has 1 aromatic carbocycles. The van der Waals surface area contributed by atoms with Gasteiger partial charge in [0, 0.05) is 11.6 Å². The minimum atomic E-state index is -0.430. The van der Waals surface area contributed by atoms with Gasteiger partial charge in [0.05, 0.1) is 13.3 Å². The smallest absolute Gasteiger partial charge is 0.156 e. The number of ether oxygens (including phenoxy) is 1. The van der Waals surface area contributed by atoms with Crippen LogP contribution in [0.5, 0.6) is 5.75 Å². The number of aromatic nitrogens is 4. The second-order valence-electron chi connectivity index (χ2n) is 4.21. The molecule has 0 amide bonds. The number of benzene rings is 1. The molecule has 0 bridgehead atoms. The van der Waals surface area contributed by atoms with Crippen molar-refractivity contribution in [1.29, 1.82) is 0 Å². The molecule has 0 spiro atoms. The highest BCUT2D eigenvalue weighted by molar-refractivity contribution is 6.29. The van der Waals surface area contributed by atoms with Gasteiger partial charge in [0.25, 0.3) is 0 Å². The van der Waals surface area contributed by atoms with Crippen molar-refractivity contribution in [2.75, 3.05) is 7.11 Å². The van der Waals surface area contributed by atoms with Gasteiger partial charge in [0.15, 0.2) is 5.82 Å². The third-order valence-corrected chi connectivity index (χ3v) is 3.09. The van der Waals surface area contributed by atoms with Crippen molar-refractivity contribution in [3.8, 4) is 22.8 Å². The Kier molecular flexibility index (Phi) is 3.53. The van der Waals surface area contributed by atoms with Crippen LogP contribution in [0.15, 0.2) is 42.6 Å². The molecule has 7 heteroatoms. The van der Waals surface area contributed by atoms with Crippen LogP contribution in [0.25, 0.3) is 17.1 Å². The molecule has 21 heavy (non-hydrogen) atoms. The molecule has 0 fully saturated rings. The fourth-order valence-corrected chi connectivity index (χ4v) is 2.01. The highest BCUT2D eigenvalue weighted by Gasteiger charge is 2.11. The molecule has 0 aliphatic carbocycles. The molecule has 0 unspecified atom stereocenters. The minimum Gasteiger partial charge on any atom is -0.497 e. The van der Waals surface area contributed by atoms with Crippen LogP contribution in [0.4, 0.5) is 4.39 Å². The first-order valence-corrected chi connectivity index (χ1v) is 6.44. The molecule has 0 saturated heterocycles. The number of pyridine rings is 1. The van der Waals surface area contributed by atoms with Gasteiger partial charge in [-0.2, -0.15) is 0 Å². The Morgan fingerprint density at radius 1 is 1.24 bits per heavy atom. The number of hydrogen-bond acceptors (Lipinski definition) is 4. The van der Waals surface area contributed by atoms with E-state index >= 15 is 0 Å². The van der Waals surface area contributed by atoms with Gasteiger partial charge in [-0.15, -0.1) is 5.10 Å². The predicted molar refractivity (Wildman–Crippen MR) is 76.1 cm³/mol. The summed E-state index contributed by atoms with van der Waals surface area (Å²) >= 11 is 5.83. The number of hydrogen-bond donors (Lipinski definition) is 0. The Morgan fingerprint density at radius 2 is 2.10 bits per heavy atom. The van der Waals surface area contributed by atoms with Crippen molar-refractivity contribution in [2.45, 2.75) is 0 Å². The van der Waals surface area contributed by atoms with Gasteiger partial charge in [-0.25, -0.2) is 14.1 Å². The van der Waals surface area contributed by atoms with E-state index < -0.39 is 5.82 Å². The molecular formula is C14H10ClFN4O. The van der Waals surface area contributed by atoms with Crippen LogP contribution >= 0.6 is 11.6 Å². The lowest BCUT2D eigenvalue weighted by Crippen LogP contribution is -1.97. The van der Waals surface area contributed by atoms with Crippen molar-refractivity contribution >= 4 is 11.6 Å². The van der Waals surface area contributed by atoms with E-state index in [1.807, 2.05) is 0 Å². The molecular weight excluding hydrogens is 295 g/mol. The topological polar surface area (TPSA) is 52.8 Å². The van der Waals surface area contributed by atoms with E-state index in [0.29, 0.717) is 28.0 Å². The second kappa shape index (κ2) is 5.49. The van der Waals surface area contributed by atoms with Crippen LogP contribution in [0, 0.1) is 5.82 Å². The molecule has 0 aliphatic heterocycles. The zero-order valence-electron chi connectivity index (χ0n) is 11.0. The summed E-state index contributed by atoms with van der Waals surface area (Å²) in [6.45, 7) is 0. The number of methoxy groups -OCH3 is 1. The molecule has 0 saturated carbocycles. The van der Waals surface area contributed by atoms with E-state index in [1.165, 1.54) is 17.9 Å². The molecule has 0 atom stereocenters. The summed E-state index contributed by atoms with van der Waals surface area (Å²) in [5, 5.41) is 8.24. The SMILES string of the molecule is COc1ccc(-c2cn(-c3cccc(Cl)n3)nn2)c(F)c1. The molecule has 2 aromatic heterocycles. The summed E-state index contributed by atoms with van der Waals surface area (Å²) < 4.78 is 20.4. The van der Waals surface area contributed by atoms with Crippen LogP contribution in [0.1, 0.15) is 0 Å². The second-order valence-corrected chi connectivity index (χ2v) is 4.60. The third-order valence-electron chi connectivity index (χ3n) is 2.88. The predicted octanol–water partition coefficient (Wildman–Crippen LogP) is 3.13. The Hall–Kier alpha value is -2.47. The van der Waals surface area contributed by atoms with Gasteiger partial charge in [-0.05, 0) is 24.3 Å². The summed E-state index contributed by atoms with van der Waals surface area (Å²) in [7, 11) is 1.48. The van der Waals surface area contributed by atoms with E-state index in [2.05, 4.69) is 15.3 Å². The van der Waals surface area contributed by atoms with Crippen LogP contribution in [-0.4, -0.2) is 27.1 Å². The van der Waals surface area contributed by atoms with E-state index in [9.17, 15) is 4.39 Å². The Bertz CT molecular complexity index is 790. The average molecular weight is 305 g/mol. The Morgan fingerprint density at radius 3 is 2.81 bits per heavy atom. The average Bonchev–Trinajstić information content (AvgIpc) is 2.96. The van der Waals surface area contributed by atoms with Crippen LogP contribution in [0.3, 0.4) is 0 Å². The molecule has 0 aliphatic rings. The third kappa shape index (κ3) is 2.71. The molecule has 5 nitrogen and oxygen atoms in total. The summed E-state index contributed by atoms with van der Waals surface area (Å²) in [4.78, 5) is 4.11. The molecule has 0 N–H and O–H groups in total. The lowest BCUT2D eigenvalue weighted by Gasteiger charge is -2.02. The zero-order valence-corrected chi connectivity index (χ0v) is 11.8. The van der Waals surface area contributed by atoms with Crippen LogP contribution < -0.4 is 4.74 Å². The monoisotopic (exact) mass is 304 g/mol. The van der Waals surface area contributed by atoms with Crippen LogP contribution in [-0.2, 0) is 0 Å². The van der Waals surface area contributed by atoms with Gasteiger partial charge in [0.1, 0.15) is 22.4 Å². The number of nitrogens with zero attached hydrogens (tertiary/aromatic N) is 4. The first-order valence-electron chi connectivity index (χ1n) is 6.06. The van der Waals surface area contributed by atoms with Gasteiger partial charge in [0.2, 0.25) is 0 Å². The molecule has 3 aromatic rings. The van der Waals surface area contributed by atoms with Crippen molar-refractivity contribution in [3.63, 3.8) is 0 Å². The molecule has 3 rings (SSSR count). The largest absolute Gasteiger partial charge is 0.497 e.